The molecular weight excluding hydrogens is 222 g/mol. The largest absolute Gasteiger partial charge is 0.356 e. The van der Waals surface area contributed by atoms with E-state index in [9.17, 15) is 0 Å². The maximum atomic E-state index is 5.92. The maximum absolute atomic E-state index is 5.92. The van der Waals surface area contributed by atoms with Crippen LogP contribution in [0.25, 0.3) is 0 Å². The number of nitrogens with two attached hydrogens (primary N) is 1. The Kier molecular flexibility index (Phi) is 3.50. The van der Waals surface area contributed by atoms with Crippen LogP contribution in [0.3, 0.4) is 0 Å². The van der Waals surface area contributed by atoms with Crippen molar-refractivity contribution < 1.29 is 0 Å². The SMILES string of the molecule is NCc1cc2c(nc1N1CCCCC1)CCCC2. The molecule has 0 atom stereocenters. The molecule has 3 nitrogen and oxygen atoms in total. The first-order valence-corrected chi connectivity index (χ1v) is 7.35. The quantitative estimate of drug-likeness (QED) is 0.870. The lowest BCUT2D eigenvalue weighted by Gasteiger charge is -2.31. The predicted molar refractivity (Wildman–Crippen MR) is 74.8 cm³/mol. The number of aromatic nitrogens is 1. The van der Waals surface area contributed by atoms with Gasteiger partial charge in [0.05, 0.1) is 0 Å². The number of nitrogens with zero attached hydrogens (tertiary/aromatic N) is 2. The molecule has 0 aromatic carbocycles. The van der Waals surface area contributed by atoms with Crippen molar-refractivity contribution in [3.05, 3.63) is 22.9 Å². The van der Waals surface area contributed by atoms with Gasteiger partial charge in [0.25, 0.3) is 0 Å². The smallest absolute Gasteiger partial charge is 0.133 e. The van der Waals surface area contributed by atoms with E-state index in [1.807, 2.05) is 0 Å². The molecule has 3 rings (SSSR count). The highest BCUT2D eigenvalue weighted by Crippen LogP contribution is 2.28. The fraction of sp³-hybridized carbons (Fsp3) is 0.667. The van der Waals surface area contributed by atoms with E-state index in [0.717, 1.165) is 19.5 Å². The second-order valence-electron chi connectivity index (χ2n) is 5.54. The summed E-state index contributed by atoms with van der Waals surface area (Å²) in [6.07, 6.45) is 8.89. The molecule has 0 unspecified atom stereocenters. The number of hydrogen-bond donors (Lipinski definition) is 1. The minimum Gasteiger partial charge on any atom is -0.356 e. The molecule has 0 amide bonds. The number of fused-ring (bicyclic) bond motifs is 1. The summed E-state index contributed by atoms with van der Waals surface area (Å²) in [5.74, 6) is 1.18. The maximum Gasteiger partial charge on any atom is 0.133 e. The Morgan fingerprint density at radius 2 is 1.83 bits per heavy atom. The zero-order chi connectivity index (χ0) is 12.4. The monoisotopic (exact) mass is 245 g/mol. The van der Waals surface area contributed by atoms with E-state index in [-0.39, 0.29) is 0 Å². The Hall–Kier alpha value is -1.09. The van der Waals surface area contributed by atoms with Gasteiger partial charge in [0.1, 0.15) is 5.82 Å². The Morgan fingerprint density at radius 3 is 2.61 bits per heavy atom. The lowest BCUT2D eigenvalue weighted by Crippen LogP contribution is -2.32. The number of piperidine rings is 1. The molecule has 0 saturated carbocycles. The molecule has 2 heterocycles. The average Bonchev–Trinajstić information content (AvgIpc) is 2.46. The van der Waals surface area contributed by atoms with Crippen LogP contribution >= 0.6 is 0 Å². The van der Waals surface area contributed by atoms with Gasteiger partial charge in [-0.25, -0.2) is 4.98 Å². The van der Waals surface area contributed by atoms with Crippen LogP contribution in [0.15, 0.2) is 6.07 Å². The predicted octanol–water partition coefficient (Wildman–Crippen LogP) is 2.41. The molecule has 1 aliphatic carbocycles. The topological polar surface area (TPSA) is 42.1 Å². The molecule has 1 saturated heterocycles. The third-order valence-electron chi connectivity index (χ3n) is 4.23. The summed E-state index contributed by atoms with van der Waals surface area (Å²) >= 11 is 0. The number of anilines is 1. The minimum absolute atomic E-state index is 0.617. The van der Waals surface area contributed by atoms with Crippen molar-refractivity contribution in [2.75, 3.05) is 18.0 Å². The summed E-state index contributed by atoms with van der Waals surface area (Å²) in [6, 6.07) is 2.32. The Balaban J connectivity index is 1.95. The minimum atomic E-state index is 0.617. The fourth-order valence-corrected chi connectivity index (χ4v) is 3.20. The van der Waals surface area contributed by atoms with Crippen molar-refractivity contribution in [3.8, 4) is 0 Å². The van der Waals surface area contributed by atoms with Crippen LogP contribution in [0, 0.1) is 0 Å². The van der Waals surface area contributed by atoms with E-state index in [1.54, 1.807) is 0 Å². The zero-order valence-corrected chi connectivity index (χ0v) is 11.1. The number of hydrogen-bond acceptors (Lipinski definition) is 3. The normalized spacial score (nSPS) is 19.7. The first-order chi connectivity index (χ1) is 8.88. The van der Waals surface area contributed by atoms with Crippen molar-refractivity contribution in [3.63, 3.8) is 0 Å². The highest BCUT2D eigenvalue weighted by atomic mass is 15.2. The summed E-state index contributed by atoms with van der Waals surface area (Å²) in [4.78, 5) is 7.40. The Labute approximate surface area is 109 Å². The van der Waals surface area contributed by atoms with Gasteiger partial charge < -0.3 is 10.6 Å². The summed E-state index contributed by atoms with van der Waals surface area (Å²) in [5, 5.41) is 0. The van der Waals surface area contributed by atoms with E-state index in [4.69, 9.17) is 10.7 Å². The Bertz CT molecular complexity index is 422. The van der Waals surface area contributed by atoms with Gasteiger partial charge in [0.2, 0.25) is 0 Å². The molecular formula is C15H23N3. The van der Waals surface area contributed by atoms with E-state index in [0.29, 0.717) is 6.54 Å². The first kappa shape index (κ1) is 12.0. The van der Waals surface area contributed by atoms with Crippen LogP contribution < -0.4 is 10.6 Å². The van der Waals surface area contributed by atoms with Gasteiger partial charge >= 0.3 is 0 Å². The van der Waals surface area contributed by atoms with Gasteiger partial charge in [-0.3, -0.25) is 0 Å². The molecule has 0 radical (unpaired) electrons. The summed E-state index contributed by atoms with van der Waals surface area (Å²) in [6.45, 7) is 2.92. The van der Waals surface area contributed by atoms with Crippen molar-refractivity contribution in [1.29, 1.82) is 0 Å². The second kappa shape index (κ2) is 5.27. The molecule has 0 bridgehead atoms. The lowest BCUT2D eigenvalue weighted by molar-refractivity contribution is 0.568. The van der Waals surface area contributed by atoms with Crippen molar-refractivity contribution >= 4 is 5.82 Å². The van der Waals surface area contributed by atoms with Crippen molar-refractivity contribution in [2.24, 2.45) is 5.73 Å². The van der Waals surface area contributed by atoms with Crippen molar-refractivity contribution in [2.45, 2.75) is 51.5 Å². The van der Waals surface area contributed by atoms with Crippen LogP contribution in [-0.4, -0.2) is 18.1 Å². The molecule has 1 fully saturated rings. The average molecular weight is 245 g/mol. The summed E-state index contributed by atoms with van der Waals surface area (Å²) in [5.41, 5.74) is 9.95. The fourth-order valence-electron chi connectivity index (χ4n) is 3.20. The van der Waals surface area contributed by atoms with Gasteiger partial charge in [-0.05, 0) is 56.6 Å². The van der Waals surface area contributed by atoms with Gasteiger partial charge in [-0.1, -0.05) is 0 Å². The molecule has 1 aliphatic heterocycles. The van der Waals surface area contributed by atoms with E-state index in [1.165, 1.54) is 61.2 Å². The Morgan fingerprint density at radius 1 is 1.06 bits per heavy atom. The van der Waals surface area contributed by atoms with Crippen LogP contribution in [0.4, 0.5) is 5.82 Å². The molecule has 2 N–H and O–H groups in total. The standard InChI is InChI=1S/C15H23N3/c16-11-13-10-12-6-2-3-7-14(12)17-15(13)18-8-4-1-5-9-18/h10H,1-9,11,16H2. The number of aryl methyl sites for hydroxylation is 2. The molecule has 1 aromatic heterocycles. The third kappa shape index (κ3) is 2.24. The third-order valence-corrected chi connectivity index (χ3v) is 4.23. The first-order valence-electron chi connectivity index (χ1n) is 7.35. The van der Waals surface area contributed by atoms with Gasteiger partial charge in [0.15, 0.2) is 0 Å². The number of pyridine rings is 1. The summed E-state index contributed by atoms with van der Waals surface area (Å²) in [7, 11) is 0. The highest BCUT2D eigenvalue weighted by Gasteiger charge is 2.19. The van der Waals surface area contributed by atoms with Crippen LogP contribution in [0.2, 0.25) is 0 Å². The molecule has 18 heavy (non-hydrogen) atoms. The molecule has 98 valence electrons. The number of rotatable bonds is 2. The van der Waals surface area contributed by atoms with Crippen LogP contribution in [-0.2, 0) is 19.4 Å². The van der Waals surface area contributed by atoms with E-state index >= 15 is 0 Å². The second-order valence-corrected chi connectivity index (χ2v) is 5.54. The lowest BCUT2D eigenvalue weighted by atomic mass is 9.94. The van der Waals surface area contributed by atoms with Crippen LogP contribution in [0.1, 0.15) is 48.9 Å². The molecule has 2 aliphatic rings. The van der Waals surface area contributed by atoms with Crippen molar-refractivity contribution in [1.82, 2.24) is 4.98 Å². The molecule has 1 aromatic rings. The van der Waals surface area contributed by atoms with E-state index in [2.05, 4.69) is 11.0 Å². The molecule has 3 heteroatoms. The van der Waals surface area contributed by atoms with Gasteiger partial charge in [-0.15, -0.1) is 0 Å². The highest BCUT2D eigenvalue weighted by molar-refractivity contribution is 5.50. The van der Waals surface area contributed by atoms with Gasteiger partial charge in [-0.2, -0.15) is 0 Å². The van der Waals surface area contributed by atoms with E-state index < -0.39 is 0 Å². The zero-order valence-electron chi connectivity index (χ0n) is 11.1. The summed E-state index contributed by atoms with van der Waals surface area (Å²) < 4.78 is 0. The van der Waals surface area contributed by atoms with Gasteiger partial charge in [0, 0.05) is 30.9 Å². The molecule has 0 spiro atoms. The van der Waals surface area contributed by atoms with Crippen LogP contribution in [0.5, 0.6) is 0 Å².